The number of rotatable bonds is 2. The number of amides is 3. The van der Waals surface area contributed by atoms with Crippen LogP contribution in [0.2, 0.25) is 0 Å². The van der Waals surface area contributed by atoms with Crippen LogP contribution in [-0.2, 0) is 9.59 Å². The van der Waals surface area contributed by atoms with Crippen LogP contribution in [0, 0.1) is 11.3 Å². The van der Waals surface area contributed by atoms with E-state index >= 15 is 0 Å². The van der Waals surface area contributed by atoms with Crippen LogP contribution in [0.3, 0.4) is 0 Å². The maximum Gasteiger partial charge on any atom is 0.326 e. The summed E-state index contributed by atoms with van der Waals surface area (Å²) in [5.41, 5.74) is -0.583. The number of piperidine rings is 1. The Bertz CT molecular complexity index is 458. The van der Waals surface area contributed by atoms with Crippen molar-refractivity contribution in [1.29, 1.82) is 0 Å². The van der Waals surface area contributed by atoms with Gasteiger partial charge in [0.1, 0.15) is 6.04 Å². The minimum Gasteiger partial charge on any atom is -0.480 e. The number of likely N-dealkylation sites (tertiary alicyclic amines) is 1. The summed E-state index contributed by atoms with van der Waals surface area (Å²) >= 11 is 0. The molecular weight excluding hydrogens is 274 g/mol. The third-order valence-electron chi connectivity index (χ3n) is 4.24. The first-order chi connectivity index (χ1) is 9.71. The Balaban J connectivity index is 2.09. The van der Waals surface area contributed by atoms with Gasteiger partial charge >= 0.3 is 12.0 Å². The van der Waals surface area contributed by atoms with Gasteiger partial charge in [-0.05, 0) is 18.3 Å². The van der Waals surface area contributed by atoms with Crippen molar-refractivity contribution in [2.45, 2.75) is 45.7 Å². The van der Waals surface area contributed by atoms with Crippen molar-refractivity contribution in [2.75, 3.05) is 13.1 Å². The molecule has 2 saturated heterocycles. The number of carboxylic acids is 1. The van der Waals surface area contributed by atoms with Gasteiger partial charge in [0, 0.05) is 13.1 Å². The number of nitrogens with zero attached hydrogens (tertiary/aromatic N) is 1. The van der Waals surface area contributed by atoms with Gasteiger partial charge < -0.3 is 20.6 Å². The van der Waals surface area contributed by atoms with Crippen molar-refractivity contribution in [2.24, 2.45) is 11.3 Å². The lowest BCUT2D eigenvalue weighted by atomic mass is 9.86. The van der Waals surface area contributed by atoms with Crippen LogP contribution >= 0.6 is 0 Å². The summed E-state index contributed by atoms with van der Waals surface area (Å²) in [5.74, 6) is -1.23. The van der Waals surface area contributed by atoms with Gasteiger partial charge in [0.25, 0.3) is 0 Å². The zero-order valence-electron chi connectivity index (χ0n) is 12.7. The van der Waals surface area contributed by atoms with Gasteiger partial charge in [-0.2, -0.15) is 0 Å². The number of aliphatic carboxylic acids is 1. The number of hydrogen-bond acceptors (Lipinski definition) is 3. The van der Waals surface area contributed by atoms with Crippen molar-refractivity contribution in [1.82, 2.24) is 15.5 Å². The Kier molecular flexibility index (Phi) is 4.11. The Morgan fingerprint density at radius 3 is 2.67 bits per heavy atom. The van der Waals surface area contributed by atoms with E-state index in [-0.39, 0.29) is 17.9 Å². The van der Waals surface area contributed by atoms with E-state index in [9.17, 15) is 19.5 Å². The smallest absolute Gasteiger partial charge is 0.326 e. The van der Waals surface area contributed by atoms with Crippen molar-refractivity contribution in [3.63, 3.8) is 0 Å². The van der Waals surface area contributed by atoms with E-state index in [2.05, 4.69) is 10.6 Å². The molecule has 2 aliphatic rings. The third kappa shape index (κ3) is 3.11. The molecule has 7 heteroatoms. The van der Waals surface area contributed by atoms with Gasteiger partial charge in [-0.25, -0.2) is 9.59 Å². The van der Waals surface area contributed by atoms with Crippen LogP contribution in [0.4, 0.5) is 4.79 Å². The lowest BCUT2D eigenvalue weighted by Gasteiger charge is -2.38. The maximum atomic E-state index is 12.4. The molecule has 0 aromatic rings. The zero-order chi connectivity index (χ0) is 15.8. The van der Waals surface area contributed by atoms with Crippen LogP contribution in [0.5, 0.6) is 0 Å². The summed E-state index contributed by atoms with van der Waals surface area (Å²) in [6.45, 7) is 6.31. The highest BCUT2D eigenvalue weighted by Gasteiger charge is 2.44. The predicted octanol–water partition coefficient (Wildman–Crippen LogP) is 0.406. The number of fused-ring (bicyclic) bond motifs is 1. The van der Waals surface area contributed by atoms with Gasteiger partial charge in [-0.1, -0.05) is 20.8 Å². The van der Waals surface area contributed by atoms with Crippen LogP contribution in [0.15, 0.2) is 0 Å². The normalized spacial score (nSPS) is 26.8. The summed E-state index contributed by atoms with van der Waals surface area (Å²) in [5, 5.41) is 14.7. The SMILES string of the molecule is CC(C)(C)[C@@H](NC(=O)N1CCCC2C(=O)NCC21)C(=O)O. The van der Waals surface area contributed by atoms with E-state index in [0.717, 1.165) is 12.8 Å². The van der Waals surface area contributed by atoms with E-state index in [1.54, 1.807) is 25.7 Å². The van der Waals surface area contributed by atoms with Crippen LogP contribution in [0.1, 0.15) is 33.6 Å². The van der Waals surface area contributed by atoms with E-state index in [1.807, 2.05) is 0 Å². The standard InChI is InChI=1S/C14H23N3O4/c1-14(2,3)10(12(19)20)16-13(21)17-6-4-5-8-9(17)7-15-11(8)18/h8-10H,4-7H2,1-3H3,(H,15,18)(H,16,21)(H,19,20)/t8?,9?,10-/m0/s1. The molecule has 2 heterocycles. The molecule has 2 fully saturated rings. The molecule has 0 aromatic heterocycles. The van der Waals surface area contributed by atoms with Gasteiger partial charge in [0.2, 0.25) is 5.91 Å². The highest BCUT2D eigenvalue weighted by Crippen LogP contribution is 2.28. The lowest BCUT2D eigenvalue weighted by Crippen LogP contribution is -2.58. The molecular formula is C14H23N3O4. The van der Waals surface area contributed by atoms with Crippen molar-refractivity contribution in [3.05, 3.63) is 0 Å². The zero-order valence-corrected chi connectivity index (χ0v) is 12.7. The summed E-state index contributed by atoms with van der Waals surface area (Å²) in [7, 11) is 0. The fourth-order valence-corrected chi connectivity index (χ4v) is 3.06. The molecule has 2 aliphatic heterocycles. The van der Waals surface area contributed by atoms with Gasteiger partial charge in [0.15, 0.2) is 0 Å². The van der Waals surface area contributed by atoms with Crippen LogP contribution in [0.25, 0.3) is 0 Å². The number of urea groups is 1. The van der Waals surface area contributed by atoms with Crippen LogP contribution in [-0.4, -0.2) is 53.1 Å². The number of hydrogen-bond donors (Lipinski definition) is 3. The molecule has 0 saturated carbocycles. The predicted molar refractivity (Wildman–Crippen MR) is 75.6 cm³/mol. The molecule has 118 valence electrons. The Morgan fingerprint density at radius 2 is 2.10 bits per heavy atom. The quantitative estimate of drug-likeness (QED) is 0.687. The lowest BCUT2D eigenvalue weighted by molar-refractivity contribution is -0.142. The van der Waals surface area contributed by atoms with Crippen molar-refractivity contribution in [3.8, 4) is 0 Å². The highest BCUT2D eigenvalue weighted by molar-refractivity contribution is 5.86. The molecule has 2 rings (SSSR count). The van der Waals surface area contributed by atoms with Crippen molar-refractivity contribution < 1.29 is 19.5 Å². The van der Waals surface area contributed by atoms with Gasteiger partial charge in [-0.15, -0.1) is 0 Å². The van der Waals surface area contributed by atoms with E-state index in [4.69, 9.17) is 0 Å². The Labute approximate surface area is 124 Å². The van der Waals surface area contributed by atoms with Gasteiger partial charge in [-0.3, -0.25) is 4.79 Å². The number of carboxylic acid groups (broad SMARTS) is 1. The topological polar surface area (TPSA) is 98.7 Å². The summed E-state index contributed by atoms with van der Waals surface area (Å²) in [6.07, 6.45) is 1.54. The molecule has 0 bridgehead atoms. The molecule has 0 aromatic carbocycles. The second-order valence-electron chi connectivity index (χ2n) is 6.84. The van der Waals surface area contributed by atoms with Crippen LogP contribution < -0.4 is 10.6 Å². The Hall–Kier alpha value is -1.79. The first-order valence-electron chi connectivity index (χ1n) is 7.29. The number of carbonyl (C=O) groups excluding carboxylic acids is 2. The molecule has 21 heavy (non-hydrogen) atoms. The van der Waals surface area contributed by atoms with E-state index in [1.165, 1.54) is 0 Å². The van der Waals surface area contributed by atoms with Crippen molar-refractivity contribution >= 4 is 17.9 Å². The fraction of sp³-hybridized carbons (Fsp3) is 0.786. The fourth-order valence-electron chi connectivity index (χ4n) is 3.06. The largest absolute Gasteiger partial charge is 0.480 e. The monoisotopic (exact) mass is 297 g/mol. The van der Waals surface area contributed by atoms with E-state index < -0.39 is 23.5 Å². The second kappa shape index (κ2) is 5.54. The molecule has 2 unspecified atom stereocenters. The second-order valence-corrected chi connectivity index (χ2v) is 6.84. The average molecular weight is 297 g/mol. The number of carbonyl (C=O) groups is 3. The Morgan fingerprint density at radius 1 is 1.43 bits per heavy atom. The highest BCUT2D eigenvalue weighted by atomic mass is 16.4. The minimum absolute atomic E-state index is 0.0110. The summed E-state index contributed by atoms with van der Waals surface area (Å²) < 4.78 is 0. The minimum atomic E-state index is -1.05. The van der Waals surface area contributed by atoms with E-state index in [0.29, 0.717) is 13.1 Å². The molecule has 0 aliphatic carbocycles. The molecule has 0 spiro atoms. The molecule has 0 radical (unpaired) electrons. The summed E-state index contributed by atoms with van der Waals surface area (Å²) in [4.78, 5) is 37.1. The maximum absolute atomic E-state index is 12.4. The molecule has 3 N–H and O–H groups in total. The molecule has 3 atom stereocenters. The third-order valence-corrected chi connectivity index (χ3v) is 4.24. The molecule has 7 nitrogen and oxygen atoms in total. The number of nitrogens with one attached hydrogen (secondary N) is 2. The average Bonchev–Trinajstić information content (AvgIpc) is 2.76. The first-order valence-corrected chi connectivity index (χ1v) is 7.29. The first kappa shape index (κ1) is 15.6. The molecule has 3 amide bonds. The summed E-state index contributed by atoms with van der Waals surface area (Å²) in [6, 6.07) is -1.53. The van der Waals surface area contributed by atoms with Gasteiger partial charge in [0.05, 0.1) is 12.0 Å².